The molecule has 1 aromatic heterocycles. The molecule has 4 rings (SSSR count). The number of nitrogens with one attached hydrogen (secondary N) is 1. The average molecular weight is 281 g/mol. The zero-order valence-corrected chi connectivity index (χ0v) is 12.5. The second kappa shape index (κ2) is 5.64. The Kier molecular flexibility index (Phi) is 3.52. The number of hydrogen-bond acceptors (Lipinski definition) is 2. The second-order valence-electron chi connectivity index (χ2n) is 6.32. The maximum absolute atomic E-state index is 4.96. The van der Waals surface area contributed by atoms with Crippen LogP contribution in [0, 0.1) is 0 Å². The van der Waals surface area contributed by atoms with Crippen molar-refractivity contribution in [2.75, 3.05) is 6.54 Å². The molecule has 21 heavy (non-hydrogen) atoms. The lowest BCUT2D eigenvalue weighted by Crippen LogP contribution is -2.25. The van der Waals surface area contributed by atoms with Gasteiger partial charge in [-0.3, -0.25) is 4.68 Å². The minimum absolute atomic E-state index is 0.758. The second-order valence-corrected chi connectivity index (χ2v) is 6.32. The van der Waals surface area contributed by atoms with Gasteiger partial charge in [-0.2, -0.15) is 5.10 Å². The molecule has 3 nitrogen and oxygen atoms in total. The van der Waals surface area contributed by atoms with Crippen LogP contribution in [-0.4, -0.2) is 16.3 Å². The van der Waals surface area contributed by atoms with Gasteiger partial charge in [0.1, 0.15) is 0 Å². The van der Waals surface area contributed by atoms with E-state index >= 15 is 0 Å². The van der Waals surface area contributed by atoms with Gasteiger partial charge in [-0.25, -0.2) is 0 Å². The smallest absolute Gasteiger partial charge is 0.0703 e. The van der Waals surface area contributed by atoms with Crippen molar-refractivity contribution in [2.45, 2.75) is 51.1 Å². The van der Waals surface area contributed by atoms with E-state index in [2.05, 4.69) is 40.3 Å². The van der Waals surface area contributed by atoms with Crippen molar-refractivity contribution < 1.29 is 0 Å². The molecule has 0 saturated heterocycles. The fourth-order valence-corrected chi connectivity index (χ4v) is 3.39. The van der Waals surface area contributed by atoms with Crippen molar-refractivity contribution in [3.8, 4) is 0 Å². The number of aryl methyl sites for hydroxylation is 2. The Morgan fingerprint density at radius 3 is 2.86 bits per heavy atom. The van der Waals surface area contributed by atoms with E-state index in [1.54, 1.807) is 0 Å². The number of fused-ring (bicyclic) bond motifs is 1. The Bertz CT molecular complexity index is 611. The standard InChI is InChI=1S/C18H23N3/c1-2-5-14(6-3-1)7-4-12-21-17-10-11-19-13-16(17)18(20-21)15-8-9-15/h1-3,5-6,15,19H,4,7-13H2. The number of aromatic nitrogens is 2. The van der Waals surface area contributed by atoms with Crippen molar-refractivity contribution in [1.82, 2.24) is 15.1 Å². The Labute approximate surface area is 126 Å². The Hall–Kier alpha value is -1.61. The molecule has 0 bridgehead atoms. The van der Waals surface area contributed by atoms with Gasteiger partial charge < -0.3 is 5.32 Å². The molecule has 110 valence electrons. The molecule has 0 amide bonds. The highest BCUT2D eigenvalue weighted by Crippen LogP contribution is 2.42. The maximum atomic E-state index is 4.96. The highest BCUT2D eigenvalue weighted by molar-refractivity contribution is 5.33. The van der Waals surface area contributed by atoms with E-state index in [0.717, 1.165) is 38.4 Å². The summed E-state index contributed by atoms with van der Waals surface area (Å²) in [7, 11) is 0. The van der Waals surface area contributed by atoms with E-state index in [1.807, 2.05) is 0 Å². The molecule has 0 radical (unpaired) electrons. The number of nitrogens with zero attached hydrogens (tertiary/aromatic N) is 2. The summed E-state index contributed by atoms with van der Waals surface area (Å²) in [6, 6.07) is 10.8. The predicted octanol–water partition coefficient (Wildman–Crippen LogP) is 3.04. The molecule has 0 unspecified atom stereocenters. The van der Waals surface area contributed by atoms with Crippen LogP contribution in [0.5, 0.6) is 0 Å². The van der Waals surface area contributed by atoms with Gasteiger partial charge in [0.2, 0.25) is 0 Å². The lowest BCUT2D eigenvalue weighted by Gasteiger charge is -2.15. The molecule has 1 aliphatic heterocycles. The van der Waals surface area contributed by atoms with Gasteiger partial charge in [-0.15, -0.1) is 0 Å². The molecule has 3 heteroatoms. The van der Waals surface area contributed by atoms with Gasteiger partial charge in [0.15, 0.2) is 0 Å². The normalized spacial score (nSPS) is 17.7. The fourth-order valence-electron chi connectivity index (χ4n) is 3.39. The van der Waals surface area contributed by atoms with Crippen molar-refractivity contribution >= 4 is 0 Å². The van der Waals surface area contributed by atoms with E-state index in [1.165, 1.54) is 41.8 Å². The molecule has 2 aliphatic rings. The number of rotatable bonds is 5. The molecule has 1 N–H and O–H groups in total. The molecule has 0 atom stereocenters. The van der Waals surface area contributed by atoms with Gasteiger partial charge in [-0.1, -0.05) is 30.3 Å². The van der Waals surface area contributed by atoms with Crippen LogP contribution in [0.25, 0.3) is 0 Å². The molecule has 1 aliphatic carbocycles. The van der Waals surface area contributed by atoms with Crippen molar-refractivity contribution in [3.05, 3.63) is 52.8 Å². The summed E-state index contributed by atoms with van der Waals surface area (Å²) in [6.45, 7) is 3.19. The monoisotopic (exact) mass is 281 g/mol. The molecule has 0 spiro atoms. The first-order chi connectivity index (χ1) is 10.4. The Balaban J connectivity index is 1.47. The van der Waals surface area contributed by atoms with Crippen LogP contribution in [0.1, 0.15) is 47.7 Å². The first-order valence-electron chi connectivity index (χ1n) is 8.25. The summed E-state index contributed by atoms with van der Waals surface area (Å²) in [6.07, 6.45) is 6.14. The molecule has 2 heterocycles. The number of benzene rings is 1. The Morgan fingerprint density at radius 2 is 2.05 bits per heavy atom. The van der Waals surface area contributed by atoms with Crippen LogP contribution < -0.4 is 5.32 Å². The SMILES string of the molecule is c1ccc(CCCn2nc(C3CC3)c3c2CCNC3)cc1. The highest BCUT2D eigenvalue weighted by Gasteiger charge is 2.32. The molecular weight excluding hydrogens is 258 g/mol. The summed E-state index contributed by atoms with van der Waals surface area (Å²) < 4.78 is 2.31. The average Bonchev–Trinajstić information content (AvgIpc) is 3.32. The highest BCUT2D eigenvalue weighted by atomic mass is 15.3. The fraction of sp³-hybridized carbons (Fsp3) is 0.500. The number of hydrogen-bond donors (Lipinski definition) is 1. The van der Waals surface area contributed by atoms with Crippen LogP contribution in [0.3, 0.4) is 0 Å². The van der Waals surface area contributed by atoms with Crippen molar-refractivity contribution in [3.63, 3.8) is 0 Å². The van der Waals surface area contributed by atoms with Gasteiger partial charge in [0.05, 0.1) is 5.69 Å². The maximum Gasteiger partial charge on any atom is 0.0703 e. The van der Waals surface area contributed by atoms with Crippen LogP contribution >= 0.6 is 0 Å². The lowest BCUT2D eigenvalue weighted by atomic mass is 10.0. The summed E-state index contributed by atoms with van der Waals surface area (Å²) in [5, 5.41) is 8.47. The zero-order valence-electron chi connectivity index (χ0n) is 12.5. The summed E-state index contributed by atoms with van der Waals surface area (Å²) in [4.78, 5) is 0. The first-order valence-corrected chi connectivity index (χ1v) is 8.25. The van der Waals surface area contributed by atoms with E-state index in [0.29, 0.717) is 0 Å². The summed E-state index contributed by atoms with van der Waals surface area (Å²) in [5.74, 6) is 0.758. The van der Waals surface area contributed by atoms with Gasteiger partial charge in [-0.05, 0) is 31.2 Å². The molecular formula is C18H23N3. The Morgan fingerprint density at radius 1 is 1.19 bits per heavy atom. The minimum Gasteiger partial charge on any atom is -0.312 e. The van der Waals surface area contributed by atoms with Crippen molar-refractivity contribution in [2.24, 2.45) is 0 Å². The van der Waals surface area contributed by atoms with E-state index in [-0.39, 0.29) is 0 Å². The van der Waals surface area contributed by atoms with Gasteiger partial charge in [0, 0.05) is 43.2 Å². The van der Waals surface area contributed by atoms with E-state index in [9.17, 15) is 0 Å². The lowest BCUT2D eigenvalue weighted by molar-refractivity contribution is 0.530. The summed E-state index contributed by atoms with van der Waals surface area (Å²) >= 11 is 0. The minimum atomic E-state index is 0.758. The van der Waals surface area contributed by atoms with Crippen LogP contribution in [-0.2, 0) is 25.9 Å². The molecule has 1 saturated carbocycles. The van der Waals surface area contributed by atoms with Gasteiger partial charge in [0.25, 0.3) is 0 Å². The summed E-state index contributed by atoms with van der Waals surface area (Å²) in [5.41, 5.74) is 5.85. The van der Waals surface area contributed by atoms with Crippen LogP contribution in [0.4, 0.5) is 0 Å². The first kappa shape index (κ1) is 13.1. The van der Waals surface area contributed by atoms with Crippen LogP contribution in [0.15, 0.2) is 30.3 Å². The third-order valence-corrected chi connectivity index (χ3v) is 4.68. The third-order valence-electron chi connectivity index (χ3n) is 4.68. The quantitative estimate of drug-likeness (QED) is 0.913. The zero-order chi connectivity index (χ0) is 14.1. The van der Waals surface area contributed by atoms with Gasteiger partial charge >= 0.3 is 0 Å². The molecule has 1 aromatic carbocycles. The predicted molar refractivity (Wildman–Crippen MR) is 84.4 cm³/mol. The van der Waals surface area contributed by atoms with Crippen LogP contribution in [0.2, 0.25) is 0 Å². The molecule has 2 aromatic rings. The van der Waals surface area contributed by atoms with Crippen molar-refractivity contribution in [1.29, 1.82) is 0 Å². The largest absolute Gasteiger partial charge is 0.312 e. The topological polar surface area (TPSA) is 29.9 Å². The van der Waals surface area contributed by atoms with E-state index < -0.39 is 0 Å². The molecule has 1 fully saturated rings. The van der Waals surface area contributed by atoms with E-state index in [4.69, 9.17) is 5.10 Å². The third kappa shape index (κ3) is 2.75.